The van der Waals surface area contributed by atoms with Crippen molar-refractivity contribution in [3.63, 3.8) is 0 Å². The van der Waals surface area contributed by atoms with E-state index >= 15 is 0 Å². The molecule has 8 atom stereocenters. The van der Waals surface area contributed by atoms with E-state index < -0.39 is 83.7 Å². The standard InChI is InChI=1S/C50H85N3O16P2/c1-4-30-41(54)32-27-23-19-15-11-6-5-7-13-17-21-25-29-34-46(56)67-42(37-64-45(55)33-28-24-20-16-12-9-8-10-14-18-22-26-31-40(2)3)38-65-70(60,61)69-71(62,63)66-39-43-47(57)48(58)49(68-43)53-36-35-44(51)52-50(53)59/h5,7,11,15,17,21,23,27,35-36,40-43,47-49,54,57-58H,4,6,8-10,12-14,16,18-20,22,24-26,28-34,37-39H2,1-3H3,(H,60,61)(H,62,63)(H2,51,52,59)/b7-5-,15-11-,21-17-,27-23-/t41?,42-,43-,47-,48-,49-/m1/s1. The van der Waals surface area contributed by atoms with Crippen LogP contribution in [-0.2, 0) is 46.3 Å². The number of unbranched alkanes of at least 4 members (excludes halogenated alkanes) is 12. The monoisotopic (exact) mass is 1050 g/mol. The summed E-state index contributed by atoms with van der Waals surface area (Å²) in [7, 11) is -10.9. The number of carbonyl (C=O) groups is 2. The fraction of sp³-hybridized carbons (Fsp3) is 0.720. The number of aliphatic hydroxyl groups excluding tert-OH is 3. The largest absolute Gasteiger partial charge is 0.481 e. The molecule has 7 N–H and O–H groups in total. The summed E-state index contributed by atoms with van der Waals surface area (Å²) in [4.78, 5) is 61.9. The Balaban J connectivity index is 1.83. The summed E-state index contributed by atoms with van der Waals surface area (Å²) in [6.45, 7) is 4.21. The van der Waals surface area contributed by atoms with Crippen LogP contribution < -0.4 is 11.4 Å². The maximum absolute atomic E-state index is 12.8. The maximum atomic E-state index is 12.8. The van der Waals surface area contributed by atoms with Crippen molar-refractivity contribution in [2.45, 2.75) is 205 Å². The summed E-state index contributed by atoms with van der Waals surface area (Å²) >= 11 is 0. The number of aromatic nitrogens is 2. The summed E-state index contributed by atoms with van der Waals surface area (Å²) in [5.41, 5.74) is 4.58. The molecule has 0 amide bonds. The highest BCUT2D eigenvalue weighted by atomic mass is 31.3. The van der Waals surface area contributed by atoms with E-state index in [-0.39, 0.29) is 24.8 Å². The molecule has 0 aliphatic carbocycles. The van der Waals surface area contributed by atoms with Gasteiger partial charge in [0.2, 0.25) is 0 Å². The van der Waals surface area contributed by atoms with E-state index in [9.17, 15) is 48.6 Å². The summed E-state index contributed by atoms with van der Waals surface area (Å²) in [6, 6.07) is 1.24. The second kappa shape index (κ2) is 37.4. The second-order valence-electron chi connectivity index (χ2n) is 18.3. The smallest absolute Gasteiger partial charge is 0.462 e. The normalized spacial score (nSPS) is 20.1. The Morgan fingerprint density at radius 3 is 1.90 bits per heavy atom. The molecule has 1 saturated heterocycles. The van der Waals surface area contributed by atoms with Gasteiger partial charge in [0.15, 0.2) is 12.3 Å². The molecule has 3 unspecified atom stereocenters. The van der Waals surface area contributed by atoms with E-state index in [2.05, 4.69) is 41.4 Å². The number of esters is 2. The lowest BCUT2D eigenvalue weighted by Crippen LogP contribution is -2.36. The number of nitrogens with two attached hydrogens (primary N) is 1. The Morgan fingerprint density at radius 1 is 0.761 bits per heavy atom. The van der Waals surface area contributed by atoms with Crippen molar-refractivity contribution in [1.82, 2.24) is 9.55 Å². The molecule has 1 aliphatic rings. The zero-order valence-electron chi connectivity index (χ0n) is 42.3. The summed E-state index contributed by atoms with van der Waals surface area (Å²) in [5.74, 6) is -0.613. The minimum atomic E-state index is -5.44. The highest BCUT2D eigenvalue weighted by Gasteiger charge is 2.46. The van der Waals surface area contributed by atoms with Crippen LogP contribution in [0.3, 0.4) is 0 Å². The lowest BCUT2D eigenvalue weighted by Gasteiger charge is -2.21. The molecule has 19 nitrogen and oxygen atoms in total. The maximum Gasteiger partial charge on any atom is 0.481 e. The average Bonchev–Trinajstić information content (AvgIpc) is 3.58. The van der Waals surface area contributed by atoms with Crippen LogP contribution in [0, 0.1) is 5.92 Å². The number of nitrogen functional groups attached to an aromatic ring is 1. The van der Waals surface area contributed by atoms with Gasteiger partial charge in [-0.25, -0.2) is 13.9 Å². The summed E-state index contributed by atoms with van der Waals surface area (Å²) < 4.78 is 56.7. The highest BCUT2D eigenvalue weighted by Crippen LogP contribution is 2.60. The van der Waals surface area contributed by atoms with Crippen LogP contribution in [0.1, 0.15) is 175 Å². The fourth-order valence-corrected chi connectivity index (χ4v) is 9.56. The number of phosphoric acid groups is 2. The van der Waals surface area contributed by atoms with E-state index in [0.29, 0.717) is 32.1 Å². The molecule has 0 spiro atoms. The summed E-state index contributed by atoms with van der Waals surface area (Å²) in [6.07, 6.45) is 29.8. The molecule has 0 aromatic carbocycles. The van der Waals surface area contributed by atoms with E-state index in [4.69, 9.17) is 29.0 Å². The van der Waals surface area contributed by atoms with Crippen LogP contribution in [0.5, 0.6) is 0 Å². The average molecular weight is 1050 g/mol. The van der Waals surface area contributed by atoms with E-state index in [1.165, 1.54) is 57.4 Å². The number of carbonyl (C=O) groups excluding carboxylic acids is 2. The summed E-state index contributed by atoms with van der Waals surface area (Å²) in [5, 5.41) is 30.7. The number of aliphatic hydroxyl groups is 3. The second-order valence-corrected chi connectivity index (χ2v) is 21.4. The molecule has 0 bridgehead atoms. The third-order valence-corrected chi connectivity index (χ3v) is 14.0. The number of hydrogen-bond acceptors (Lipinski definition) is 16. The highest BCUT2D eigenvalue weighted by molar-refractivity contribution is 7.61. The molecule has 406 valence electrons. The Bertz CT molecular complexity index is 1910. The van der Waals surface area contributed by atoms with Gasteiger partial charge >= 0.3 is 33.3 Å². The first-order valence-corrected chi connectivity index (χ1v) is 28.6. The number of nitrogens with zero attached hydrogens (tertiary/aromatic N) is 2. The van der Waals surface area contributed by atoms with Gasteiger partial charge in [-0.1, -0.05) is 153 Å². The molecule has 1 aromatic heterocycles. The van der Waals surface area contributed by atoms with E-state index in [1.54, 1.807) is 0 Å². The fourth-order valence-electron chi connectivity index (χ4n) is 7.45. The topological polar surface area (TPSA) is 286 Å². The predicted octanol–water partition coefficient (Wildman–Crippen LogP) is 9.38. The lowest BCUT2D eigenvalue weighted by atomic mass is 10.0. The molecule has 1 fully saturated rings. The van der Waals surface area contributed by atoms with Crippen molar-refractivity contribution in [3.8, 4) is 0 Å². The first kappa shape index (κ1) is 63.8. The molecule has 1 aromatic rings. The van der Waals surface area contributed by atoms with Crippen molar-refractivity contribution >= 4 is 33.4 Å². The third kappa shape index (κ3) is 31.1. The Labute approximate surface area is 421 Å². The van der Waals surface area contributed by atoms with E-state index in [1.807, 2.05) is 37.3 Å². The molecular weight excluding hydrogens is 961 g/mol. The molecule has 2 rings (SSSR count). The Hall–Kier alpha value is -3.32. The van der Waals surface area contributed by atoms with E-state index in [0.717, 1.165) is 68.0 Å². The van der Waals surface area contributed by atoms with Gasteiger partial charge in [0, 0.05) is 19.0 Å². The van der Waals surface area contributed by atoms with Crippen LogP contribution in [-0.4, -0.2) is 96.9 Å². The van der Waals surface area contributed by atoms with Gasteiger partial charge in [0.25, 0.3) is 0 Å². The van der Waals surface area contributed by atoms with Gasteiger partial charge in [-0.05, 0) is 63.4 Å². The van der Waals surface area contributed by atoms with Crippen LogP contribution in [0.2, 0.25) is 0 Å². The molecular formula is C50H85N3O16P2. The van der Waals surface area contributed by atoms with Crippen LogP contribution in [0.15, 0.2) is 65.7 Å². The van der Waals surface area contributed by atoms with Gasteiger partial charge in [0.05, 0.1) is 19.3 Å². The first-order valence-electron chi connectivity index (χ1n) is 25.6. The van der Waals surface area contributed by atoms with Crippen molar-refractivity contribution < 1.29 is 71.4 Å². The van der Waals surface area contributed by atoms with Gasteiger partial charge in [0.1, 0.15) is 30.7 Å². The van der Waals surface area contributed by atoms with Gasteiger partial charge in [-0.2, -0.15) is 9.29 Å². The Morgan fingerprint density at radius 2 is 1.31 bits per heavy atom. The molecule has 71 heavy (non-hydrogen) atoms. The molecule has 0 saturated carbocycles. The zero-order chi connectivity index (χ0) is 52.3. The van der Waals surface area contributed by atoms with Crippen LogP contribution in [0.25, 0.3) is 0 Å². The molecule has 0 radical (unpaired) electrons. The van der Waals surface area contributed by atoms with Crippen molar-refractivity contribution in [2.24, 2.45) is 5.92 Å². The lowest BCUT2D eigenvalue weighted by molar-refractivity contribution is -0.161. The van der Waals surface area contributed by atoms with Gasteiger partial charge < -0.3 is 45.1 Å². The molecule has 21 heteroatoms. The van der Waals surface area contributed by atoms with Crippen LogP contribution in [0.4, 0.5) is 5.82 Å². The predicted molar refractivity (Wildman–Crippen MR) is 272 cm³/mol. The zero-order valence-corrected chi connectivity index (χ0v) is 44.1. The minimum Gasteiger partial charge on any atom is -0.462 e. The number of rotatable bonds is 41. The minimum absolute atomic E-state index is 0.0407. The van der Waals surface area contributed by atoms with Crippen LogP contribution >= 0.6 is 15.6 Å². The van der Waals surface area contributed by atoms with Crippen molar-refractivity contribution in [2.75, 3.05) is 25.6 Å². The SMILES string of the molecule is CCCC(O)C/C=C\C/C=C\C/C=C\C/C=C\CCCC(=O)O[C@H](COC(=O)CCCCCCCCCCCCCCC(C)C)COP(=O)(O)OP(=O)(O)OC[C@H]1O[C@@H](n2ccc(N)nc2=O)[C@H](O)[C@@H]1O. The quantitative estimate of drug-likeness (QED) is 0.0154. The first-order chi connectivity index (χ1) is 33.9. The van der Waals surface area contributed by atoms with Crippen molar-refractivity contribution in [3.05, 3.63) is 71.4 Å². The number of ether oxygens (including phenoxy) is 3. The number of hydrogen-bond donors (Lipinski definition) is 6. The Kier molecular flexibility index (Phi) is 33.6. The van der Waals surface area contributed by atoms with Gasteiger partial charge in [-0.3, -0.25) is 23.2 Å². The molecule has 1 aliphatic heterocycles. The third-order valence-electron chi connectivity index (χ3n) is 11.4. The van der Waals surface area contributed by atoms with Crippen molar-refractivity contribution in [1.29, 1.82) is 0 Å². The molecule has 2 heterocycles. The van der Waals surface area contributed by atoms with Gasteiger partial charge in [-0.15, -0.1) is 0 Å². The number of phosphoric ester groups is 2. The number of allylic oxidation sites excluding steroid dienone is 7. The number of anilines is 1.